The predicted octanol–water partition coefficient (Wildman–Crippen LogP) is 3.34. The monoisotopic (exact) mass is 259 g/mol. The van der Waals surface area contributed by atoms with Crippen LogP contribution in [0.5, 0.6) is 0 Å². The fraction of sp³-hybridized carbons (Fsp3) is 0.0769. The van der Waals surface area contributed by atoms with Gasteiger partial charge in [0.1, 0.15) is 5.52 Å². The first kappa shape index (κ1) is 11.0. The molecule has 0 saturated heterocycles. The molecule has 0 fully saturated rings. The van der Waals surface area contributed by atoms with Crippen LogP contribution in [-0.2, 0) is 4.74 Å². The molecule has 3 aromatic rings. The van der Waals surface area contributed by atoms with Gasteiger partial charge in [-0.25, -0.2) is 9.78 Å². The number of methoxy groups -OCH3 is 1. The highest BCUT2D eigenvalue weighted by Crippen LogP contribution is 2.28. The Morgan fingerprint density at radius 2 is 2.28 bits per heavy atom. The largest absolute Gasteiger partial charge is 0.465 e. The molecule has 0 aliphatic carbocycles. The molecule has 0 aliphatic rings. The first-order chi connectivity index (χ1) is 8.78. The van der Waals surface area contributed by atoms with E-state index < -0.39 is 0 Å². The predicted molar refractivity (Wildman–Crippen MR) is 68.7 cm³/mol. The summed E-state index contributed by atoms with van der Waals surface area (Å²) in [6, 6.07) is 8.94. The highest BCUT2D eigenvalue weighted by molar-refractivity contribution is 7.13. The Labute approximate surface area is 107 Å². The van der Waals surface area contributed by atoms with Gasteiger partial charge in [-0.2, -0.15) is 0 Å². The third-order valence-corrected chi connectivity index (χ3v) is 3.40. The number of hydrogen-bond acceptors (Lipinski definition) is 5. The van der Waals surface area contributed by atoms with Crippen molar-refractivity contribution in [3.63, 3.8) is 0 Å². The van der Waals surface area contributed by atoms with Crippen molar-refractivity contribution < 1.29 is 13.9 Å². The number of aromatic nitrogens is 1. The Hall–Kier alpha value is -2.14. The van der Waals surface area contributed by atoms with Gasteiger partial charge < -0.3 is 9.15 Å². The van der Waals surface area contributed by atoms with Crippen LogP contribution in [0.1, 0.15) is 10.4 Å². The summed E-state index contributed by atoms with van der Waals surface area (Å²) in [5, 5.41) is 1.96. The minimum absolute atomic E-state index is 0.377. The highest BCUT2D eigenvalue weighted by Gasteiger charge is 2.12. The topological polar surface area (TPSA) is 52.3 Å². The number of nitrogens with zero attached hydrogens (tertiary/aromatic N) is 1. The molecule has 90 valence electrons. The van der Waals surface area contributed by atoms with Gasteiger partial charge in [0.25, 0.3) is 0 Å². The molecule has 0 amide bonds. The first-order valence-corrected chi connectivity index (χ1v) is 6.18. The van der Waals surface area contributed by atoms with E-state index in [1.807, 2.05) is 17.5 Å². The lowest BCUT2D eigenvalue weighted by Crippen LogP contribution is -2.00. The standard InChI is InChI=1S/C13H9NO3S/c1-16-13(15)8-4-5-10-9(7-8)14-12(17-10)11-3-2-6-18-11/h2-7H,1H3. The van der Waals surface area contributed by atoms with Crippen LogP contribution in [0.3, 0.4) is 0 Å². The number of carbonyl (C=O) groups is 1. The van der Waals surface area contributed by atoms with Crippen molar-refractivity contribution in [3.05, 3.63) is 41.3 Å². The van der Waals surface area contributed by atoms with Crippen LogP contribution in [-0.4, -0.2) is 18.1 Å². The van der Waals surface area contributed by atoms with E-state index in [1.165, 1.54) is 7.11 Å². The number of rotatable bonds is 2. The summed E-state index contributed by atoms with van der Waals surface area (Å²) >= 11 is 1.56. The van der Waals surface area contributed by atoms with Gasteiger partial charge in [0.2, 0.25) is 5.89 Å². The van der Waals surface area contributed by atoms with Gasteiger partial charge in [-0.3, -0.25) is 0 Å². The highest BCUT2D eigenvalue weighted by atomic mass is 32.1. The Balaban J connectivity index is 2.10. The van der Waals surface area contributed by atoms with Crippen LogP contribution in [0.15, 0.2) is 40.1 Å². The van der Waals surface area contributed by atoms with E-state index in [-0.39, 0.29) is 5.97 Å². The van der Waals surface area contributed by atoms with Gasteiger partial charge in [0.15, 0.2) is 5.58 Å². The summed E-state index contributed by atoms with van der Waals surface area (Å²) in [7, 11) is 1.35. The molecular weight excluding hydrogens is 250 g/mol. The molecule has 0 saturated carbocycles. The Kier molecular flexibility index (Phi) is 2.60. The molecule has 0 spiro atoms. The zero-order chi connectivity index (χ0) is 12.5. The number of esters is 1. The maximum atomic E-state index is 11.4. The van der Waals surface area contributed by atoms with E-state index in [0.717, 1.165) is 4.88 Å². The van der Waals surface area contributed by atoms with E-state index in [9.17, 15) is 4.79 Å². The zero-order valence-corrected chi connectivity index (χ0v) is 10.4. The number of ether oxygens (including phenoxy) is 1. The zero-order valence-electron chi connectivity index (χ0n) is 9.54. The van der Waals surface area contributed by atoms with Gasteiger partial charge in [0.05, 0.1) is 17.6 Å². The Morgan fingerprint density at radius 3 is 3.00 bits per heavy atom. The second-order valence-electron chi connectivity index (χ2n) is 3.67. The molecule has 0 aliphatic heterocycles. The number of hydrogen-bond donors (Lipinski definition) is 0. The van der Waals surface area contributed by atoms with Gasteiger partial charge in [-0.1, -0.05) is 6.07 Å². The average Bonchev–Trinajstić information content (AvgIpc) is 3.04. The van der Waals surface area contributed by atoms with Crippen molar-refractivity contribution in [1.82, 2.24) is 4.98 Å². The second-order valence-corrected chi connectivity index (χ2v) is 4.62. The van der Waals surface area contributed by atoms with Crippen molar-refractivity contribution in [2.45, 2.75) is 0 Å². The molecule has 0 bridgehead atoms. The van der Waals surface area contributed by atoms with Crippen LogP contribution >= 0.6 is 11.3 Å². The number of carbonyl (C=O) groups excluding carboxylic acids is 1. The van der Waals surface area contributed by atoms with E-state index in [1.54, 1.807) is 29.5 Å². The first-order valence-electron chi connectivity index (χ1n) is 5.31. The molecule has 0 unspecified atom stereocenters. The fourth-order valence-electron chi connectivity index (χ4n) is 1.68. The normalized spacial score (nSPS) is 10.7. The van der Waals surface area contributed by atoms with Crippen LogP contribution in [0.25, 0.3) is 21.9 Å². The SMILES string of the molecule is COC(=O)c1ccc2oc(-c3cccs3)nc2c1. The lowest BCUT2D eigenvalue weighted by Gasteiger charge is -1.96. The lowest BCUT2D eigenvalue weighted by molar-refractivity contribution is 0.0601. The summed E-state index contributed by atoms with van der Waals surface area (Å²) < 4.78 is 10.3. The minimum Gasteiger partial charge on any atom is -0.465 e. The Morgan fingerprint density at radius 1 is 1.39 bits per heavy atom. The third kappa shape index (κ3) is 1.78. The van der Waals surface area contributed by atoms with Gasteiger partial charge in [0, 0.05) is 0 Å². The molecule has 2 heterocycles. The summed E-state index contributed by atoms with van der Waals surface area (Å²) in [5.74, 6) is 0.194. The molecule has 0 N–H and O–H groups in total. The van der Waals surface area contributed by atoms with Crippen LogP contribution < -0.4 is 0 Å². The summed E-state index contributed by atoms with van der Waals surface area (Å²) in [6.07, 6.45) is 0. The van der Waals surface area contributed by atoms with Crippen molar-refractivity contribution in [2.24, 2.45) is 0 Å². The smallest absolute Gasteiger partial charge is 0.337 e. The number of thiophene rings is 1. The molecule has 2 aromatic heterocycles. The lowest BCUT2D eigenvalue weighted by atomic mass is 10.2. The number of benzene rings is 1. The molecule has 4 nitrogen and oxygen atoms in total. The maximum Gasteiger partial charge on any atom is 0.337 e. The Bertz CT molecular complexity index is 700. The average molecular weight is 259 g/mol. The van der Waals surface area contributed by atoms with Gasteiger partial charge >= 0.3 is 5.97 Å². The van der Waals surface area contributed by atoms with Gasteiger partial charge in [-0.15, -0.1) is 11.3 Å². The molecule has 0 atom stereocenters. The third-order valence-electron chi connectivity index (χ3n) is 2.54. The van der Waals surface area contributed by atoms with Crippen LogP contribution in [0.2, 0.25) is 0 Å². The van der Waals surface area contributed by atoms with Crippen LogP contribution in [0, 0.1) is 0 Å². The van der Waals surface area contributed by atoms with E-state index in [2.05, 4.69) is 9.72 Å². The maximum absolute atomic E-state index is 11.4. The summed E-state index contributed by atoms with van der Waals surface area (Å²) in [6.45, 7) is 0. The molecule has 0 radical (unpaired) electrons. The van der Waals surface area contributed by atoms with Gasteiger partial charge in [-0.05, 0) is 29.6 Å². The van der Waals surface area contributed by atoms with E-state index in [4.69, 9.17) is 4.42 Å². The fourth-order valence-corrected chi connectivity index (χ4v) is 2.33. The van der Waals surface area contributed by atoms with Crippen molar-refractivity contribution in [3.8, 4) is 10.8 Å². The van der Waals surface area contributed by atoms with E-state index >= 15 is 0 Å². The molecular formula is C13H9NO3S. The quantitative estimate of drug-likeness (QED) is 0.662. The molecule has 1 aromatic carbocycles. The van der Waals surface area contributed by atoms with Crippen molar-refractivity contribution in [2.75, 3.05) is 7.11 Å². The van der Waals surface area contributed by atoms with E-state index in [0.29, 0.717) is 22.6 Å². The van der Waals surface area contributed by atoms with Crippen molar-refractivity contribution >= 4 is 28.4 Å². The number of fused-ring (bicyclic) bond motifs is 1. The molecule has 5 heteroatoms. The minimum atomic E-state index is -0.377. The molecule has 18 heavy (non-hydrogen) atoms. The molecule has 3 rings (SSSR count). The second kappa shape index (κ2) is 4.27. The van der Waals surface area contributed by atoms with Crippen LogP contribution in [0.4, 0.5) is 0 Å². The number of oxazole rings is 1. The summed E-state index contributed by atoms with van der Waals surface area (Å²) in [4.78, 5) is 16.7. The van der Waals surface area contributed by atoms with Crippen molar-refractivity contribution in [1.29, 1.82) is 0 Å². The summed E-state index contributed by atoms with van der Waals surface area (Å²) in [5.41, 5.74) is 1.78.